The molecule has 1 fully saturated rings. The summed E-state index contributed by atoms with van der Waals surface area (Å²) in [4.78, 5) is 12.9. The van der Waals surface area contributed by atoms with Gasteiger partial charge in [-0.2, -0.15) is 13.2 Å². The number of carbonyl (C=O) groups is 1. The summed E-state index contributed by atoms with van der Waals surface area (Å²) in [5.41, 5.74) is -3.53. The number of hydrogen-bond acceptors (Lipinski definition) is 5. The van der Waals surface area contributed by atoms with Crippen molar-refractivity contribution in [3.05, 3.63) is 46.0 Å². The lowest BCUT2D eigenvalue weighted by molar-refractivity contribution is -0.286. The van der Waals surface area contributed by atoms with Gasteiger partial charge >= 0.3 is 6.18 Å². The molecule has 3 heterocycles. The maximum Gasteiger partial charge on any atom is 0.437 e. The van der Waals surface area contributed by atoms with Gasteiger partial charge in [-0.05, 0) is 42.7 Å². The topological polar surface area (TPSA) is 74.5 Å². The lowest BCUT2D eigenvalue weighted by atomic mass is 9.80. The third-order valence-corrected chi connectivity index (χ3v) is 5.02. The van der Waals surface area contributed by atoms with Crippen LogP contribution in [0.4, 0.5) is 13.2 Å². The molecule has 0 aromatic carbocycles. The number of Topliss-reactive ketones (excluding diaryl/α,β-unsaturated/α-hetero) is 1. The van der Waals surface area contributed by atoms with Crippen LogP contribution in [0, 0.1) is 12.8 Å². The van der Waals surface area contributed by atoms with Crippen LogP contribution in [0.25, 0.3) is 0 Å². The van der Waals surface area contributed by atoms with Gasteiger partial charge in [0.1, 0.15) is 23.5 Å². The molecule has 3 rings (SSSR count). The average Bonchev–Trinajstić information content (AvgIpc) is 3.16. The quantitative estimate of drug-likeness (QED) is 0.553. The molecule has 0 bridgehead atoms. The number of nitrogens with one attached hydrogen (secondary N) is 2. The number of aliphatic hydroxyl groups is 1. The molecule has 0 radical (unpaired) electrons. The number of thiocarbonyl (C=S) groups is 1. The van der Waals surface area contributed by atoms with E-state index in [2.05, 4.69) is 5.32 Å². The highest BCUT2D eigenvalue weighted by molar-refractivity contribution is 7.80. The van der Waals surface area contributed by atoms with Crippen molar-refractivity contribution >= 4 is 34.5 Å². The molecule has 25 heavy (non-hydrogen) atoms. The Morgan fingerprint density at radius 1 is 1.40 bits per heavy atom. The summed E-state index contributed by atoms with van der Waals surface area (Å²) < 4.78 is 46.4. The molecule has 1 saturated heterocycles. The zero-order chi connectivity index (χ0) is 18.4. The number of hydrogen-bond donors (Lipinski definition) is 3. The zero-order valence-electron chi connectivity index (χ0n) is 12.8. The number of rotatable bonds is 3. The van der Waals surface area contributed by atoms with E-state index in [9.17, 15) is 23.1 Å². The molecule has 3 N–H and O–H groups in total. The third kappa shape index (κ3) is 3.05. The van der Waals surface area contributed by atoms with Gasteiger partial charge in [-0.1, -0.05) is 6.07 Å². The van der Waals surface area contributed by atoms with E-state index in [1.54, 1.807) is 24.4 Å². The Morgan fingerprint density at radius 2 is 2.12 bits per heavy atom. The summed E-state index contributed by atoms with van der Waals surface area (Å²) in [6.07, 6.45) is -5.14. The number of ketones is 1. The van der Waals surface area contributed by atoms with E-state index in [0.29, 0.717) is 5.76 Å². The molecule has 2 aromatic heterocycles. The van der Waals surface area contributed by atoms with E-state index < -0.39 is 34.8 Å². The smallest absolute Gasteiger partial charge is 0.437 e. The Hall–Kier alpha value is -1.91. The number of thiophene rings is 1. The fourth-order valence-electron chi connectivity index (χ4n) is 2.77. The van der Waals surface area contributed by atoms with Crippen LogP contribution in [0.3, 0.4) is 0 Å². The fraction of sp³-hybridized carbons (Fsp3) is 0.333. The van der Waals surface area contributed by atoms with Crippen molar-refractivity contribution in [2.45, 2.75) is 24.9 Å². The molecule has 2 aromatic rings. The second-order valence-corrected chi connectivity index (χ2v) is 6.96. The van der Waals surface area contributed by atoms with Gasteiger partial charge in [0.25, 0.3) is 0 Å². The second kappa shape index (κ2) is 6.11. The molecular formula is C15H13F3N2O3S2. The van der Waals surface area contributed by atoms with Crippen molar-refractivity contribution in [1.82, 2.24) is 10.6 Å². The Balaban J connectivity index is 2.14. The zero-order valence-corrected chi connectivity index (χ0v) is 14.4. The summed E-state index contributed by atoms with van der Waals surface area (Å²) in [5.74, 6) is -2.25. The van der Waals surface area contributed by atoms with E-state index >= 15 is 0 Å². The number of halogens is 3. The predicted octanol–water partition coefficient (Wildman–Crippen LogP) is 2.92. The van der Waals surface area contributed by atoms with Crippen LogP contribution in [-0.2, 0) is 0 Å². The molecule has 1 aliphatic rings. The fourth-order valence-corrected chi connectivity index (χ4v) is 3.76. The number of carbonyl (C=O) groups excluding carboxylic acids is 1. The largest absolute Gasteiger partial charge is 0.464 e. The van der Waals surface area contributed by atoms with Crippen LogP contribution >= 0.6 is 23.6 Å². The molecule has 0 amide bonds. The molecular weight excluding hydrogens is 377 g/mol. The maximum absolute atomic E-state index is 13.7. The van der Waals surface area contributed by atoms with Gasteiger partial charge < -0.3 is 20.2 Å². The Labute approximate surface area is 149 Å². The first-order chi connectivity index (χ1) is 11.6. The lowest BCUT2D eigenvalue weighted by Gasteiger charge is -2.45. The summed E-state index contributed by atoms with van der Waals surface area (Å²) in [5, 5.41) is 16.0. The minimum atomic E-state index is -5.14. The standard InChI is InChI=1S/C15H13F3N2O3S2/c1-7-4-5-8(23-7)11-10(12(21)9-3-2-6-25-9)14(22,15(16,17)18)20-13(24)19-11/h2-6,10-11,22H,1H3,(H2,19,20,24)/t10-,11+,14-/m1/s1. The average molecular weight is 390 g/mol. The van der Waals surface area contributed by atoms with Gasteiger partial charge in [0.05, 0.1) is 4.88 Å². The first kappa shape index (κ1) is 17.9. The van der Waals surface area contributed by atoms with E-state index in [0.717, 1.165) is 11.3 Å². The second-order valence-electron chi connectivity index (χ2n) is 5.61. The van der Waals surface area contributed by atoms with Crippen LogP contribution in [0.1, 0.15) is 27.2 Å². The van der Waals surface area contributed by atoms with Crippen molar-refractivity contribution in [2.24, 2.45) is 5.92 Å². The van der Waals surface area contributed by atoms with Crippen LogP contribution in [0.2, 0.25) is 0 Å². The molecule has 0 saturated carbocycles. The van der Waals surface area contributed by atoms with Crippen LogP contribution in [-0.4, -0.2) is 27.9 Å². The third-order valence-electron chi connectivity index (χ3n) is 3.92. The van der Waals surface area contributed by atoms with Crippen LogP contribution < -0.4 is 10.6 Å². The molecule has 0 spiro atoms. The molecule has 10 heteroatoms. The minimum Gasteiger partial charge on any atom is -0.464 e. The van der Waals surface area contributed by atoms with Gasteiger partial charge in [-0.25, -0.2) is 0 Å². The van der Waals surface area contributed by atoms with Crippen molar-refractivity contribution < 1.29 is 27.5 Å². The van der Waals surface area contributed by atoms with Crippen molar-refractivity contribution in [2.75, 3.05) is 0 Å². The minimum absolute atomic E-state index is 0.0823. The monoisotopic (exact) mass is 390 g/mol. The first-order valence-electron chi connectivity index (χ1n) is 7.15. The Kier molecular flexibility index (Phi) is 4.38. The summed E-state index contributed by atoms with van der Waals surface area (Å²) in [6, 6.07) is 4.68. The lowest BCUT2D eigenvalue weighted by Crippen LogP contribution is -2.72. The predicted molar refractivity (Wildman–Crippen MR) is 88.2 cm³/mol. The molecule has 0 unspecified atom stereocenters. The normalized spacial score (nSPS) is 26.8. The van der Waals surface area contributed by atoms with E-state index in [4.69, 9.17) is 16.6 Å². The van der Waals surface area contributed by atoms with Gasteiger partial charge in [0.15, 0.2) is 10.9 Å². The Morgan fingerprint density at radius 3 is 2.64 bits per heavy atom. The van der Waals surface area contributed by atoms with Crippen molar-refractivity contribution in [1.29, 1.82) is 0 Å². The first-order valence-corrected chi connectivity index (χ1v) is 8.44. The molecule has 134 valence electrons. The van der Waals surface area contributed by atoms with Crippen molar-refractivity contribution in [3.8, 4) is 0 Å². The van der Waals surface area contributed by atoms with Crippen molar-refractivity contribution in [3.63, 3.8) is 0 Å². The highest BCUT2D eigenvalue weighted by Crippen LogP contribution is 2.44. The molecule has 5 nitrogen and oxygen atoms in total. The summed E-state index contributed by atoms with van der Waals surface area (Å²) in [7, 11) is 0. The number of aryl methyl sites for hydroxylation is 1. The van der Waals surface area contributed by atoms with E-state index in [1.165, 1.54) is 12.1 Å². The van der Waals surface area contributed by atoms with Crippen LogP contribution in [0.5, 0.6) is 0 Å². The Bertz CT molecular complexity index is 803. The number of furan rings is 1. The molecule has 0 aliphatic carbocycles. The van der Waals surface area contributed by atoms with Gasteiger partial charge in [-0.15, -0.1) is 11.3 Å². The molecule has 1 aliphatic heterocycles. The SMILES string of the molecule is Cc1ccc([C@@H]2NC(=S)N[C@](O)(C(F)(F)F)[C@H]2C(=O)c2cccs2)o1. The van der Waals surface area contributed by atoms with E-state index in [1.807, 2.05) is 5.32 Å². The maximum atomic E-state index is 13.7. The highest BCUT2D eigenvalue weighted by Gasteiger charge is 2.66. The summed E-state index contributed by atoms with van der Waals surface area (Å²) in [6.45, 7) is 1.62. The van der Waals surface area contributed by atoms with E-state index in [-0.39, 0.29) is 10.6 Å². The summed E-state index contributed by atoms with van der Waals surface area (Å²) >= 11 is 5.81. The number of alkyl halides is 3. The van der Waals surface area contributed by atoms with Crippen LogP contribution in [0.15, 0.2) is 34.1 Å². The molecule has 3 atom stereocenters. The van der Waals surface area contributed by atoms with Gasteiger partial charge in [0, 0.05) is 0 Å². The highest BCUT2D eigenvalue weighted by atomic mass is 32.1. The van der Waals surface area contributed by atoms with Gasteiger partial charge in [-0.3, -0.25) is 4.79 Å². The van der Waals surface area contributed by atoms with Gasteiger partial charge in [0.2, 0.25) is 5.72 Å².